The number of amides is 1. The summed E-state index contributed by atoms with van der Waals surface area (Å²) in [7, 11) is 1.77. The molecule has 0 radical (unpaired) electrons. The lowest BCUT2D eigenvalue weighted by atomic mass is 10.1. The van der Waals surface area contributed by atoms with Gasteiger partial charge in [0.15, 0.2) is 5.82 Å². The molecular weight excluding hydrogens is 168 g/mol. The molecule has 0 bridgehead atoms. The lowest BCUT2D eigenvalue weighted by molar-refractivity contribution is -0.120. The van der Waals surface area contributed by atoms with Gasteiger partial charge in [-0.3, -0.25) is 9.48 Å². The Morgan fingerprint density at radius 3 is 2.85 bits per heavy atom. The maximum Gasteiger partial charge on any atom is 0.231 e. The normalized spacial score (nSPS) is 18.3. The van der Waals surface area contributed by atoms with Crippen molar-refractivity contribution in [2.24, 2.45) is 12.5 Å². The molecule has 1 aromatic heterocycles. The predicted molar refractivity (Wildman–Crippen MR) is 47.0 cm³/mol. The Bertz CT molecular complexity index is 340. The van der Waals surface area contributed by atoms with Crippen molar-refractivity contribution in [1.82, 2.24) is 15.0 Å². The zero-order chi connectivity index (χ0) is 9.47. The van der Waals surface area contributed by atoms with E-state index in [0.29, 0.717) is 5.82 Å². The number of anilines is 1. The van der Waals surface area contributed by atoms with Crippen LogP contribution in [0.25, 0.3) is 0 Å². The summed E-state index contributed by atoms with van der Waals surface area (Å²) in [5, 5.41) is 10.2. The fourth-order valence-electron chi connectivity index (χ4n) is 1.09. The summed E-state index contributed by atoms with van der Waals surface area (Å²) in [6, 6.07) is 0. The Labute approximate surface area is 76.1 Å². The molecule has 1 aromatic rings. The van der Waals surface area contributed by atoms with Crippen LogP contribution < -0.4 is 5.32 Å². The Hall–Kier alpha value is -1.39. The molecular formula is C8H12N4O. The number of nitrogens with one attached hydrogen (secondary N) is 1. The number of rotatable bonds is 2. The van der Waals surface area contributed by atoms with Crippen molar-refractivity contribution < 1.29 is 4.79 Å². The second-order valence-electron chi connectivity index (χ2n) is 3.79. The number of carbonyl (C=O) groups excluding carboxylic acids is 1. The Kier molecular flexibility index (Phi) is 1.61. The molecule has 1 N–H and O–H groups in total. The molecule has 13 heavy (non-hydrogen) atoms. The average molecular weight is 180 g/mol. The third-order valence-electron chi connectivity index (χ3n) is 2.39. The monoisotopic (exact) mass is 180 g/mol. The summed E-state index contributed by atoms with van der Waals surface area (Å²) in [6.07, 6.45) is 3.63. The molecule has 0 aliphatic heterocycles. The van der Waals surface area contributed by atoms with Crippen LogP contribution in [0.4, 0.5) is 5.82 Å². The third kappa shape index (κ3) is 1.54. The van der Waals surface area contributed by atoms with Crippen molar-refractivity contribution in [1.29, 1.82) is 0 Å². The van der Waals surface area contributed by atoms with Crippen LogP contribution in [0.1, 0.15) is 19.8 Å². The van der Waals surface area contributed by atoms with Crippen molar-refractivity contribution >= 4 is 11.7 Å². The van der Waals surface area contributed by atoms with Gasteiger partial charge in [0, 0.05) is 12.5 Å². The van der Waals surface area contributed by atoms with Gasteiger partial charge in [-0.05, 0) is 12.8 Å². The van der Waals surface area contributed by atoms with Crippen LogP contribution in [0, 0.1) is 5.41 Å². The highest BCUT2D eigenvalue weighted by atomic mass is 16.2. The minimum Gasteiger partial charge on any atom is -0.307 e. The SMILES string of the molecule is Cn1cc(NC(=O)C2(C)CC2)nn1. The first-order valence-corrected chi connectivity index (χ1v) is 4.28. The lowest BCUT2D eigenvalue weighted by Crippen LogP contribution is -2.21. The van der Waals surface area contributed by atoms with Crippen LogP contribution in [-0.4, -0.2) is 20.9 Å². The lowest BCUT2D eigenvalue weighted by Gasteiger charge is -2.05. The van der Waals surface area contributed by atoms with Gasteiger partial charge in [-0.25, -0.2) is 0 Å². The standard InChI is InChI=1S/C8H12N4O/c1-8(3-4-8)7(13)9-6-5-12(2)11-10-6/h5H,3-4H2,1-2H3,(H,9,13). The zero-order valence-electron chi connectivity index (χ0n) is 7.74. The van der Waals surface area contributed by atoms with Crippen molar-refractivity contribution in [2.45, 2.75) is 19.8 Å². The summed E-state index contributed by atoms with van der Waals surface area (Å²) in [6.45, 7) is 1.96. The second kappa shape index (κ2) is 2.55. The number of aromatic nitrogens is 3. The van der Waals surface area contributed by atoms with E-state index in [4.69, 9.17) is 0 Å². The van der Waals surface area contributed by atoms with E-state index in [-0.39, 0.29) is 11.3 Å². The fraction of sp³-hybridized carbons (Fsp3) is 0.625. The smallest absolute Gasteiger partial charge is 0.231 e. The molecule has 1 heterocycles. The van der Waals surface area contributed by atoms with Gasteiger partial charge in [0.1, 0.15) is 0 Å². The molecule has 0 unspecified atom stereocenters. The van der Waals surface area contributed by atoms with Crippen LogP contribution in [0.5, 0.6) is 0 Å². The van der Waals surface area contributed by atoms with Crippen LogP contribution in [0.2, 0.25) is 0 Å². The molecule has 70 valence electrons. The minimum absolute atomic E-state index is 0.0491. The van der Waals surface area contributed by atoms with Gasteiger partial charge in [0.25, 0.3) is 0 Å². The quantitative estimate of drug-likeness (QED) is 0.723. The molecule has 1 aliphatic carbocycles. The highest BCUT2D eigenvalue weighted by Gasteiger charge is 2.45. The van der Waals surface area contributed by atoms with Crippen LogP contribution in [-0.2, 0) is 11.8 Å². The van der Waals surface area contributed by atoms with E-state index in [1.165, 1.54) is 0 Å². The van der Waals surface area contributed by atoms with Gasteiger partial charge in [0.2, 0.25) is 5.91 Å². The summed E-state index contributed by atoms with van der Waals surface area (Å²) >= 11 is 0. The highest BCUT2D eigenvalue weighted by molar-refractivity contribution is 5.95. The van der Waals surface area contributed by atoms with E-state index < -0.39 is 0 Å². The van der Waals surface area contributed by atoms with Crippen molar-refractivity contribution in [2.75, 3.05) is 5.32 Å². The van der Waals surface area contributed by atoms with Crippen molar-refractivity contribution in [3.8, 4) is 0 Å². The molecule has 2 rings (SSSR count). The van der Waals surface area contributed by atoms with E-state index in [1.54, 1.807) is 17.9 Å². The Balaban J connectivity index is 2.02. The number of hydrogen-bond acceptors (Lipinski definition) is 3. The van der Waals surface area contributed by atoms with Gasteiger partial charge in [-0.2, -0.15) is 0 Å². The van der Waals surface area contributed by atoms with E-state index in [1.807, 2.05) is 6.92 Å². The molecule has 5 nitrogen and oxygen atoms in total. The molecule has 1 aliphatic rings. The Morgan fingerprint density at radius 1 is 1.69 bits per heavy atom. The topological polar surface area (TPSA) is 59.8 Å². The number of nitrogens with zero attached hydrogens (tertiary/aromatic N) is 3. The van der Waals surface area contributed by atoms with Gasteiger partial charge < -0.3 is 5.32 Å². The highest BCUT2D eigenvalue weighted by Crippen LogP contribution is 2.45. The predicted octanol–water partition coefficient (Wildman–Crippen LogP) is 0.554. The zero-order valence-corrected chi connectivity index (χ0v) is 7.74. The average Bonchev–Trinajstić information content (AvgIpc) is 2.69. The van der Waals surface area contributed by atoms with Gasteiger partial charge in [-0.15, -0.1) is 5.10 Å². The summed E-state index contributed by atoms with van der Waals surface area (Å²) < 4.78 is 1.56. The largest absolute Gasteiger partial charge is 0.307 e. The van der Waals surface area contributed by atoms with Crippen LogP contribution in [0.3, 0.4) is 0 Å². The van der Waals surface area contributed by atoms with Gasteiger partial charge in [0.05, 0.1) is 6.20 Å². The fourth-order valence-corrected chi connectivity index (χ4v) is 1.09. The van der Waals surface area contributed by atoms with E-state index in [0.717, 1.165) is 12.8 Å². The van der Waals surface area contributed by atoms with E-state index in [2.05, 4.69) is 15.6 Å². The first-order valence-electron chi connectivity index (χ1n) is 4.28. The minimum atomic E-state index is -0.155. The molecule has 5 heteroatoms. The second-order valence-corrected chi connectivity index (χ2v) is 3.79. The van der Waals surface area contributed by atoms with Crippen molar-refractivity contribution in [3.63, 3.8) is 0 Å². The number of carbonyl (C=O) groups is 1. The van der Waals surface area contributed by atoms with Crippen LogP contribution in [0.15, 0.2) is 6.20 Å². The molecule has 0 spiro atoms. The Morgan fingerprint density at radius 2 is 2.38 bits per heavy atom. The molecule has 0 atom stereocenters. The maximum absolute atomic E-state index is 11.5. The van der Waals surface area contributed by atoms with Crippen LogP contribution >= 0.6 is 0 Å². The molecule has 1 amide bonds. The third-order valence-corrected chi connectivity index (χ3v) is 2.39. The maximum atomic E-state index is 11.5. The summed E-state index contributed by atoms with van der Waals surface area (Å²) in [5.41, 5.74) is -0.155. The van der Waals surface area contributed by atoms with Crippen molar-refractivity contribution in [3.05, 3.63) is 6.20 Å². The van der Waals surface area contributed by atoms with Gasteiger partial charge >= 0.3 is 0 Å². The number of aryl methyl sites for hydroxylation is 1. The molecule has 0 saturated heterocycles. The van der Waals surface area contributed by atoms with E-state index in [9.17, 15) is 4.79 Å². The first kappa shape index (κ1) is 8.22. The summed E-state index contributed by atoms with van der Waals surface area (Å²) in [5.74, 6) is 0.577. The van der Waals surface area contributed by atoms with E-state index >= 15 is 0 Å². The molecule has 1 saturated carbocycles. The molecule has 1 fully saturated rings. The number of hydrogen-bond donors (Lipinski definition) is 1. The molecule has 0 aromatic carbocycles. The summed E-state index contributed by atoms with van der Waals surface area (Å²) in [4.78, 5) is 11.5. The first-order chi connectivity index (χ1) is 6.10. The van der Waals surface area contributed by atoms with Gasteiger partial charge in [-0.1, -0.05) is 12.1 Å².